The normalized spacial score (nSPS) is 22.4. The molecule has 4 nitrogen and oxygen atoms in total. The standard InChI is InChI=1S/C11H14N2O2.2ClH/c14-10(15)11(4-1-5-13-11)8-9-2-6-12-7-3-9;;/h2-3,6-7,13H,1,4-5,8H2,(H,14,15);2*1H/t11-;;/m1../s1. The highest BCUT2D eigenvalue weighted by atomic mass is 35.5. The quantitative estimate of drug-likeness (QED) is 0.883. The summed E-state index contributed by atoms with van der Waals surface area (Å²) in [4.78, 5) is 15.2. The molecule has 96 valence electrons. The molecule has 1 fully saturated rings. The van der Waals surface area contributed by atoms with E-state index < -0.39 is 11.5 Å². The van der Waals surface area contributed by atoms with Crippen molar-refractivity contribution in [1.29, 1.82) is 0 Å². The topological polar surface area (TPSA) is 62.2 Å². The fourth-order valence-electron chi connectivity index (χ4n) is 2.06. The van der Waals surface area contributed by atoms with E-state index in [0.29, 0.717) is 12.8 Å². The van der Waals surface area contributed by atoms with E-state index in [2.05, 4.69) is 10.3 Å². The largest absolute Gasteiger partial charge is 0.480 e. The molecule has 0 aliphatic carbocycles. The summed E-state index contributed by atoms with van der Waals surface area (Å²) >= 11 is 0. The third-order valence-electron chi connectivity index (χ3n) is 2.91. The Hall–Kier alpha value is -0.840. The van der Waals surface area contributed by atoms with E-state index in [0.717, 1.165) is 18.5 Å². The third-order valence-corrected chi connectivity index (χ3v) is 2.91. The van der Waals surface area contributed by atoms with Gasteiger partial charge < -0.3 is 10.4 Å². The molecule has 1 aliphatic rings. The molecule has 0 bridgehead atoms. The van der Waals surface area contributed by atoms with Crippen LogP contribution >= 0.6 is 24.8 Å². The minimum Gasteiger partial charge on any atom is -0.480 e. The van der Waals surface area contributed by atoms with Crippen LogP contribution in [0.2, 0.25) is 0 Å². The number of nitrogens with zero attached hydrogens (tertiary/aromatic N) is 1. The molecular weight excluding hydrogens is 263 g/mol. The van der Waals surface area contributed by atoms with Gasteiger partial charge in [-0.25, -0.2) is 0 Å². The van der Waals surface area contributed by atoms with Crippen molar-refractivity contribution in [2.45, 2.75) is 24.8 Å². The maximum Gasteiger partial charge on any atom is 0.324 e. The Bertz CT molecular complexity index is 354. The molecule has 2 heterocycles. The third kappa shape index (κ3) is 3.56. The zero-order chi connectivity index (χ0) is 10.7. The van der Waals surface area contributed by atoms with Crippen molar-refractivity contribution < 1.29 is 9.90 Å². The van der Waals surface area contributed by atoms with Crippen LogP contribution in [0, 0.1) is 0 Å². The average Bonchev–Trinajstić information content (AvgIpc) is 2.69. The summed E-state index contributed by atoms with van der Waals surface area (Å²) in [5, 5.41) is 12.3. The van der Waals surface area contributed by atoms with Crippen LogP contribution in [0.15, 0.2) is 24.5 Å². The number of rotatable bonds is 3. The van der Waals surface area contributed by atoms with E-state index in [1.54, 1.807) is 12.4 Å². The number of hydrogen-bond donors (Lipinski definition) is 2. The van der Waals surface area contributed by atoms with Crippen molar-refractivity contribution >= 4 is 30.8 Å². The van der Waals surface area contributed by atoms with E-state index >= 15 is 0 Å². The summed E-state index contributed by atoms with van der Waals surface area (Å²) in [5.41, 5.74) is 0.253. The smallest absolute Gasteiger partial charge is 0.324 e. The average molecular weight is 279 g/mol. The molecule has 1 aromatic rings. The van der Waals surface area contributed by atoms with Crippen LogP contribution in [-0.2, 0) is 11.2 Å². The predicted molar refractivity (Wildman–Crippen MR) is 70.0 cm³/mol. The van der Waals surface area contributed by atoms with Crippen LogP contribution in [-0.4, -0.2) is 28.1 Å². The van der Waals surface area contributed by atoms with E-state index in [1.165, 1.54) is 0 Å². The Morgan fingerprint density at radius 1 is 1.41 bits per heavy atom. The number of pyridine rings is 1. The zero-order valence-corrected chi connectivity index (χ0v) is 10.9. The highest BCUT2D eigenvalue weighted by Gasteiger charge is 2.40. The van der Waals surface area contributed by atoms with Gasteiger partial charge in [0, 0.05) is 18.8 Å². The monoisotopic (exact) mass is 278 g/mol. The van der Waals surface area contributed by atoms with Gasteiger partial charge in [0.25, 0.3) is 0 Å². The second kappa shape index (κ2) is 6.79. The zero-order valence-electron chi connectivity index (χ0n) is 9.26. The number of aliphatic carboxylic acids is 1. The number of carboxylic acids is 1. The second-order valence-electron chi connectivity index (χ2n) is 3.95. The number of halogens is 2. The van der Waals surface area contributed by atoms with E-state index in [9.17, 15) is 9.90 Å². The van der Waals surface area contributed by atoms with Gasteiger partial charge in [-0.2, -0.15) is 0 Å². The van der Waals surface area contributed by atoms with Crippen molar-refractivity contribution in [2.24, 2.45) is 0 Å². The molecule has 0 spiro atoms. The SMILES string of the molecule is Cl.Cl.O=C(O)[C@]1(Cc2ccncc2)CCCN1. The second-order valence-corrected chi connectivity index (χ2v) is 3.95. The van der Waals surface area contributed by atoms with Crippen LogP contribution in [0.4, 0.5) is 0 Å². The van der Waals surface area contributed by atoms with Gasteiger partial charge >= 0.3 is 5.97 Å². The Balaban J connectivity index is 0.00000128. The summed E-state index contributed by atoms with van der Waals surface area (Å²) in [7, 11) is 0. The first-order chi connectivity index (χ1) is 7.23. The Labute approximate surface area is 113 Å². The molecule has 0 saturated carbocycles. The molecule has 0 unspecified atom stereocenters. The highest BCUT2D eigenvalue weighted by molar-refractivity contribution is 5.85. The summed E-state index contributed by atoms with van der Waals surface area (Å²) in [6.07, 6.45) is 5.55. The van der Waals surface area contributed by atoms with Crippen LogP contribution in [0.1, 0.15) is 18.4 Å². The van der Waals surface area contributed by atoms with Crippen molar-refractivity contribution in [3.63, 3.8) is 0 Å². The van der Waals surface area contributed by atoms with Gasteiger partial charge in [0.15, 0.2) is 0 Å². The first-order valence-electron chi connectivity index (χ1n) is 5.10. The first kappa shape index (κ1) is 16.2. The van der Waals surface area contributed by atoms with E-state index in [-0.39, 0.29) is 24.8 Å². The molecular formula is C11H16Cl2N2O2. The molecule has 0 radical (unpaired) electrons. The number of carboxylic acid groups (broad SMARTS) is 1. The number of hydrogen-bond acceptors (Lipinski definition) is 3. The highest BCUT2D eigenvalue weighted by Crippen LogP contribution is 2.24. The summed E-state index contributed by atoms with van der Waals surface area (Å²) < 4.78 is 0. The van der Waals surface area contributed by atoms with Crippen molar-refractivity contribution in [3.05, 3.63) is 30.1 Å². The minimum absolute atomic E-state index is 0. The van der Waals surface area contributed by atoms with Crippen LogP contribution in [0.25, 0.3) is 0 Å². The number of carbonyl (C=O) groups is 1. The summed E-state index contributed by atoms with van der Waals surface area (Å²) in [5.74, 6) is -0.753. The van der Waals surface area contributed by atoms with Crippen molar-refractivity contribution in [2.75, 3.05) is 6.54 Å². The lowest BCUT2D eigenvalue weighted by molar-refractivity contribution is -0.144. The lowest BCUT2D eigenvalue weighted by Crippen LogP contribution is -2.49. The van der Waals surface area contributed by atoms with Crippen LogP contribution in [0.3, 0.4) is 0 Å². The van der Waals surface area contributed by atoms with Gasteiger partial charge in [0.05, 0.1) is 0 Å². The van der Waals surface area contributed by atoms with Crippen LogP contribution < -0.4 is 5.32 Å². The molecule has 2 N–H and O–H groups in total. The van der Waals surface area contributed by atoms with Gasteiger partial charge in [0.2, 0.25) is 0 Å². The fourth-order valence-corrected chi connectivity index (χ4v) is 2.06. The van der Waals surface area contributed by atoms with Gasteiger partial charge in [-0.15, -0.1) is 24.8 Å². The molecule has 0 aromatic carbocycles. The molecule has 2 rings (SSSR count). The van der Waals surface area contributed by atoms with Gasteiger partial charge in [-0.1, -0.05) is 0 Å². The molecule has 1 saturated heterocycles. The van der Waals surface area contributed by atoms with Crippen LogP contribution in [0.5, 0.6) is 0 Å². The molecule has 1 aromatic heterocycles. The molecule has 1 aliphatic heterocycles. The van der Waals surface area contributed by atoms with Gasteiger partial charge in [-0.3, -0.25) is 9.78 Å². The van der Waals surface area contributed by atoms with Crippen molar-refractivity contribution in [3.8, 4) is 0 Å². The molecule has 6 heteroatoms. The van der Waals surface area contributed by atoms with Gasteiger partial charge in [0.1, 0.15) is 5.54 Å². The molecule has 1 atom stereocenters. The maximum atomic E-state index is 11.2. The summed E-state index contributed by atoms with van der Waals surface area (Å²) in [6.45, 7) is 0.789. The van der Waals surface area contributed by atoms with Gasteiger partial charge in [-0.05, 0) is 37.1 Å². The Morgan fingerprint density at radius 2 is 2.06 bits per heavy atom. The molecule has 0 amide bonds. The van der Waals surface area contributed by atoms with Crippen molar-refractivity contribution in [1.82, 2.24) is 10.3 Å². The Kier molecular flexibility index (Phi) is 6.45. The predicted octanol–water partition coefficient (Wildman–Crippen LogP) is 1.67. The van der Waals surface area contributed by atoms with E-state index in [4.69, 9.17) is 0 Å². The maximum absolute atomic E-state index is 11.2. The lowest BCUT2D eigenvalue weighted by atomic mass is 9.90. The number of nitrogens with one attached hydrogen (secondary N) is 1. The van der Waals surface area contributed by atoms with E-state index in [1.807, 2.05) is 12.1 Å². The lowest BCUT2D eigenvalue weighted by Gasteiger charge is -2.24. The summed E-state index contributed by atoms with van der Waals surface area (Å²) in [6, 6.07) is 3.73. The minimum atomic E-state index is -0.763. The molecule has 17 heavy (non-hydrogen) atoms. The Morgan fingerprint density at radius 3 is 2.53 bits per heavy atom. The number of aromatic nitrogens is 1. The fraction of sp³-hybridized carbons (Fsp3) is 0.455. The first-order valence-corrected chi connectivity index (χ1v) is 5.10.